The first-order valence-electron chi connectivity index (χ1n) is 7.14. The fraction of sp³-hybridized carbons (Fsp3) is 0.667. The molecule has 0 atom stereocenters. The van der Waals surface area contributed by atoms with Crippen LogP contribution in [0, 0.1) is 5.41 Å². The van der Waals surface area contributed by atoms with Crippen molar-refractivity contribution in [2.75, 3.05) is 13.1 Å². The number of nitrogens with one attached hydrogen (secondary N) is 1. The molecule has 2 fully saturated rings. The predicted molar refractivity (Wildman–Crippen MR) is 79.7 cm³/mol. The molecule has 1 spiro atoms. The largest absolute Gasteiger partial charge is 0.319 e. The van der Waals surface area contributed by atoms with Gasteiger partial charge >= 0.3 is 0 Å². The number of hydrogen-bond acceptors (Lipinski definition) is 2. The Morgan fingerprint density at radius 2 is 1.95 bits per heavy atom. The fourth-order valence-corrected chi connectivity index (χ4v) is 3.26. The highest BCUT2D eigenvalue weighted by atomic mass is 35.5. The Balaban J connectivity index is 0.000000141. The van der Waals surface area contributed by atoms with Crippen LogP contribution < -0.4 is 10.9 Å². The molecule has 1 saturated carbocycles. The zero-order valence-corrected chi connectivity index (χ0v) is 12.4. The Morgan fingerprint density at radius 3 is 2.47 bits per heavy atom. The van der Waals surface area contributed by atoms with Gasteiger partial charge in [-0.25, -0.2) is 0 Å². The van der Waals surface area contributed by atoms with Crippen molar-refractivity contribution in [1.82, 2.24) is 9.88 Å². The highest BCUT2D eigenvalue weighted by molar-refractivity contribution is 6.30. The summed E-state index contributed by atoms with van der Waals surface area (Å²) in [5, 5.41) is 4.00. The quantitative estimate of drug-likeness (QED) is 0.794. The summed E-state index contributed by atoms with van der Waals surface area (Å²) in [6.45, 7) is 2.58. The van der Waals surface area contributed by atoms with Gasteiger partial charge < -0.3 is 9.88 Å². The van der Waals surface area contributed by atoms with Gasteiger partial charge in [-0.1, -0.05) is 24.4 Å². The van der Waals surface area contributed by atoms with Crippen molar-refractivity contribution in [2.24, 2.45) is 12.5 Å². The standard InChI is InChI=1S/C9H17N.C6H6ClNO/c1-2-5-9(4-1)6-3-7-10-8-9;1-8-3-2-5(7)4-6(8)9/h10H,1-8H2;2-4H,1H3. The van der Waals surface area contributed by atoms with Crippen LogP contribution >= 0.6 is 11.6 Å². The number of piperidine rings is 1. The van der Waals surface area contributed by atoms with E-state index in [0.717, 1.165) is 5.41 Å². The lowest BCUT2D eigenvalue weighted by molar-refractivity contribution is 0.217. The summed E-state index contributed by atoms with van der Waals surface area (Å²) < 4.78 is 1.46. The molecule has 0 radical (unpaired) electrons. The molecule has 1 aliphatic heterocycles. The Labute approximate surface area is 120 Å². The maximum Gasteiger partial charge on any atom is 0.251 e. The van der Waals surface area contributed by atoms with Gasteiger partial charge in [0.1, 0.15) is 0 Å². The lowest BCUT2D eigenvalue weighted by Crippen LogP contribution is -2.37. The van der Waals surface area contributed by atoms with Crippen molar-refractivity contribution in [1.29, 1.82) is 0 Å². The van der Waals surface area contributed by atoms with Crippen LogP contribution in [0.25, 0.3) is 0 Å². The van der Waals surface area contributed by atoms with Gasteiger partial charge in [-0.2, -0.15) is 0 Å². The smallest absolute Gasteiger partial charge is 0.251 e. The van der Waals surface area contributed by atoms with Crippen LogP contribution in [-0.2, 0) is 7.05 Å². The van der Waals surface area contributed by atoms with E-state index < -0.39 is 0 Å². The fourth-order valence-electron chi connectivity index (χ4n) is 3.11. The van der Waals surface area contributed by atoms with Crippen molar-refractivity contribution in [3.8, 4) is 0 Å². The first-order chi connectivity index (χ1) is 9.11. The Morgan fingerprint density at radius 1 is 1.26 bits per heavy atom. The molecule has 1 aromatic heterocycles. The van der Waals surface area contributed by atoms with Gasteiger partial charge in [0.05, 0.1) is 0 Å². The third kappa shape index (κ3) is 4.08. The van der Waals surface area contributed by atoms with Crippen molar-refractivity contribution >= 4 is 11.6 Å². The van der Waals surface area contributed by atoms with Crippen molar-refractivity contribution < 1.29 is 0 Å². The minimum Gasteiger partial charge on any atom is -0.319 e. The SMILES string of the molecule is C1CCC2(C1)CCCNC2.Cn1ccc(Cl)cc1=O. The monoisotopic (exact) mass is 282 g/mol. The Hall–Kier alpha value is -0.800. The summed E-state index contributed by atoms with van der Waals surface area (Å²) in [6, 6.07) is 3.05. The van der Waals surface area contributed by atoms with E-state index in [-0.39, 0.29) is 5.56 Å². The van der Waals surface area contributed by atoms with E-state index in [2.05, 4.69) is 5.32 Å². The predicted octanol–water partition coefficient (Wildman–Crippen LogP) is 2.97. The van der Waals surface area contributed by atoms with Gasteiger partial charge in [0.15, 0.2) is 0 Å². The zero-order valence-electron chi connectivity index (χ0n) is 11.6. The number of hydrogen-bond donors (Lipinski definition) is 1. The van der Waals surface area contributed by atoms with Crippen LogP contribution in [0.3, 0.4) is 0 Å². The number of aromatic nitrogens is 1. The molecule has 1 N–H and O–H groups in total. The highest BCUT2D eigenvalue weighted by Gasteiger charge is 2.34. The van der Waals surface area contributed by atoms with Gasteiger partial charge in [0.2, 0.25) is 0 Å². The van der Waals surface area contributed by atoms with Crippen LogP contribution in [0.1, 0.15) is 38.5 Å². The van der Waals surface area contributed by atoms with Gasteiger partial charge in [0.25, 0.3) is 5.56 Å². The van der Waals surface area contributed by atoms with E-state index in [9.17, 15) is 4.79 Å². The maximum absolute atomic E-state index is 10.7. The van der Waals surface area contributed by atoms with Gasteiger partial charge in [0, 0.05) is 30.9 Å². The van der Waals surface area contributed by atoms with Crippen LogP contribution in [-0.4, -0.2) is 17.7 Å². The second-order valence-electron chi connectivity index (χ2n) is 5.78. The first kappa shape index (κ1) is 14.6. The Kier molecular flexibility index (Phi) is 5.06. The maximum atomic E-state index is 10.7. The lowest BCUT2D eigenvalue weighted by Gasteiger charge is -2.33. The van der Waals surface area contributed by atoms with Crippen molar-refractivity contribution in [3.05, 3.63) is 33.7 Å². The van der Waals surface area contributed by atoms with E-state index in [1.807, 2.05) is 0 Å². The highest BCUT2D eigenvalue weighted by Crippen LogP contribution is 2.42. The summed E-state index contributed by atoms with van der Waals surface area (Å²) in [5.41, 5.74) is 0.681. The van der Waals surface area contributed by atoms with Gasteiger partial charge in [-0.3, -0.25) is 4.79 Å². The summed E-state index contributed by atoms with van der Waals surface area (Å²) in [5.74, 6) is 0. The molecule has 2 heterocycles. The molecule has 0 amide bonds. The van der Waals surface area contributed by atoms with Crippen LogP contribution in [0.2, 0.25) is 5.02 Å². The van der Waals surface area contributed by atoms with E-state index in [1.165, 1.54) is 62.2 Å². The topological polar surface area (TPSA) is 34.0 Å². The van der Waals surface area contributed by atoms with E-state index in [4.69, 9.17) is 11.6 Å². The molecule has 0 bridgehead atoms. The molecule has 3 rings (SSSR count). The van der Waals surface area contributed by atoms with E-state index in [0.29, 0.717) is 5.02 Å². The summed E-state index contributed by atoms with van der Waals surface area (Å²) in [7, 11) is 1.68. The van der Waals surface area contributed by atoms with Crippen molar-refractivity contribution in [2.45, 2.75) is 38.5 Å². The summed E-state index contributed by atoms with van der Waals surface area (Å²) in [6.07, 6.45) is 10.5. The van der Waals surface area contributed by atoms with E-state index >= 15 is 0 Å². The molecule has 1 aliphatic carbocycles. The zero-order chi connectivity index (χ0) is 13.7. The second kappa shape index (κ2) is 6.58. The molecular formula is C15H23ClN2O. The second-order valence-corrected chi connectivity index (χ2v) is 6.22. The number of aryl methyl sites for hydroxylation is 1. The summed E-state index contributed by atoms with van der Waals surface area (Å²) >= 11 is 5.50. The van der Waals surface area contributed by atoms with E-state index in [1.54, 1.807) is 19.3 Å². The average molecular weight is 283 g/mol. The normalized spacial score (nSPS) is 20.9. The molecule has 0 aromatic carbocycles. The Bertz CT molecular complexity index is 455. The van der Waals surface area contributed by atoms with Crippen molar-refractivity contribution in [3.63, 3.8) is 0 Å². The molecule has 3 nitrogen and oxygen atoms in total. The molecular weight excluding hydrogens is 260 g/mol. The van der Waals surface area contributed by atoms with Gasteiger partial charge in [-0.15, -0.1) is 0 Å². The van der Waals surface area contributed by atoms with Crippen LogP contribution in [0.5, 0.6) is 0 Å². The lowest BCUT2D eigenvalue weighted by atomic mass is 9.79. The molecule has 1 saturated heterocycles. The number of pyridine rings is 1. The third-order valence-electron chi connectivity index (χ3n) is 4.29. The number of nitrogens with zero attached hydrogens (tertiary/aromatic N) is 1. The molecule has 2 aliphatic rings. The number of rotatable bonds is 0. The third-order valence-corrected chi connectivity index (χ3v) is 4.53. The molecule has 19 heavy (non-hydrogen) atoms. The molecule has 0 unspecified atom stereocenters. The molecule has 106 valence electrons. The van der Waals surface area contributed by atoms with Crippen LogP contribution in [0.4, 0.5) is 0 Å². The minimum absolute atomic E-state index is 0.0810. The molecule has 1 aromatic rings. The summed E-state index contributed by atoms with van der Waals surface area (Å²) in [4.78, 5) is 10.7. The molecule has 4 heteroatoms. The van der Waals surface area contributed by atoms with Gasteiger partial charge in [-0.05, 0) is 43.7 Å². The first-order valence-corrected chi connectivity index (χ1v) is 7.52. The van der Waals surface area contributed by atoms with Crippen LogP contribution in [0.15, 0.2) is 23.1 Å². The number of halogens is 1. The average Bonchev–Trinajstić information content (AvgIpc) is 2.84. The minimum atomic E-state index is -0.0810.